The van der Waals surface area contributed by atoms with Crippen molar-refractivity contribution in [1.82, 2.24) is 0 Å². The van der Waals surface area contributed by atoms with E-state index in [2.05, 4.69) is 34.6 Å². The van der Waals surface area contributed by atoms with Gasteiger partial charge in [-0.15, -0.1) is 0 Å². The van der Waals surface area contributed by atoms with E-state index in [1.54, 1.807) is 0 Å². The van der Waals surface area contributed by atoms with E-state index in [1.165, 1.54) is 77.0 Å². The Morgan fingerprint density at radius 1 is 0.765 bits per heavy atom. The van der Waals surface area contributed by atoms with Crippen molar-refractivity contribution in [2.45, 2.75) is 142 Å². The zero-order valence-corrected chi connectivity index (χ0v) is 22.7. The Kier molecular flexibility index (Phi) is 6.02. The molecule has 1 saturated heterocycles. The molecule has 0 aromatic rings. The fraction of sp³-hybridized carbons (Fsp3) is 1.00. The van der Waals surface area contributed by atoms with Gasteiger partial charge in [-0.1, -0.05) is 33.6 Å². The van der Waals surface area contributed by atoms with E-state index in [0.29, 0.717) is 34.9 Å². The molecule has 6 rings (SSSR count). The van der Waals surface area contributed by atoms with E-state index in [1.807, 2.05) is 0 Å². The molecule has 3 nitrogen and oxygen atoms in total. The molecule has 6 fully saturated rings. The molecule has 5 saturated carbocycles. The SMILES string of the molecule is C[C@H](CCCC(O)C1CC1)[C@H]1CC[C@H]2[C@@H]3CC[C@H]4[C@H]5OC(C)(C)O[C@H]5CC[C@]4(C)[C@H]3CC[C@]12C. The molecule has 0 spiro atoms. The summed E-state index contributed by atoms with van der Waals surface area (Å²) in [6.45, 7) is 12.1. The summed E-state index contributed by atoms with van der Waals surface area (Å²) < 4.78 is 12.9. The van der Waals surface area contributed by atoms with Crippen LogP contribution in [0.1, 0.15) is 118 Å². The molecule has 0 amide bonds. The molecule has 11 atom stereocenters. The third kappa shape index (κ3) is 3.85. The third-order valence-electron chi connectivity index (χ3n) is 12.6. The highest BCUT2D eigenvalue weighted by atomic mass is 16.8. The lowest BCUT2D eigenvalue weighted by Gasteiger charge is -2.62. The van der Waals surface area contributed by atoms with Crippen molar-refractivity contribution in [3.63, 3.8) is 0 Å². The van der Waals surface area contributed by atoms with Crippen LogP contribution in [0.5, 0.6) is 0 Å². The Labute approximate surface area is 209 Å². The van der Waals surface area contributed by atoms with Crippen LogP contribution in [0.3, 0.4) is 0 Å². The Morgan fingerprint density at radius 3 is 2.24 bits per heavy atom. The average molecular weight is 473 g/mol. The van der Waals surface area contributed by atoms with Crippen molar-refractivity contribution in [3.05, 3.63) is 0 Å². The van der Waals surface area contributed by atoms with Crippen molar-refractivity contribution in [2.75, 3.05) is 0 Å². The predicted octanol–water partition coefficient (Wildman–Crippen LogP) is 7.35. The van der Waals surface area contributed by atoms with Gasteiger partial charge in [0.05, 0.1) is 18.3 Å². The van der Waals surface area contributed by atoms with Crippen LogP contribution in [0.15, 0.2) is 0 Å². The van der Waals surface area contributed by atoms with Gasteiger partial charge in [0.15, 0.2) is 5.79 Å². The molecule has 194 valence electrons. The second kappa shape index (κ2) is 8.45. The van der Waals surface area contributed by atoms with E-state index in [4.69, 9.17) is 9.47 Å². The quantitative estimate of drug-likeness (QED) is 0.439. The first-order valence-corrected chi connectivity index (χ1v) is 15.2. The molecular weight excluding hydrogens is 420 g/mol. The summed E-state index contributed by atoms with van der Waals surface area (Å²) in [5.41, 5.74) is 0.989. The molecule has 1 N–H and O–H groups in total. The zero-order valence-electron chi connectivity index (χ0n) is 22.7. The van der Waals surface area contributed by atoms with Gasteiger partial charge in [0.1, 0.15) is 0 Å². The normalized spacial score (nSPS) is 51.2. The van der Waals surface area contributed by atoms with E-state index >= 15 is 0 Å². The largest absolute Gasteiger partial charge is 0.393 e. The number of hydrogen-bond donors (Lipinski definition) is 1. The summed E-state index contributed by atoms with van der Waals surface area (Å²) in [6, 6.07) is 0. The van der Waals surface area contributed by atoms with Crippen LogP contribution in [0.4, 0.5) is 0 Å². The van der Waals surface area contributed by atoms with Gasteiger partial charge in [0.25, 0.3) is 0 Å². The van der Waals surface area contributed by atoms with E-state index in [-0.39, 0.29) is 6.10 Å². The Morgan fingerprint density at radius 2 is 1.47 bits per heavy atom. The fourth-order valence-electron chi connectivity index (χ4n) is 10.8. The molecule has 0 aromatic heterocycles. The Balaban J connectivity index is 1.13. The summed E-state index contributed by atoms with van der Waals surface area (Å²) >= 11 is 0. The van der Waals surface area contributed by atoms with Crippen LogP contribution in [0.25, 0.3) is 0 Å². The third-order valence-corrected chi connectivity index (χ3v) is 12.6. The highest BCUT2D eigenvalue weighted by Crippen LogP contribution is 2.69. The van der Waals surface area contributed by atoms with Gasteiger partial charge in [-0.05, 0) is 137 Å². The molecule has 6 aliphatic rings. The van der Waals surface area contributed by atoms with Crippen LogP contribution in [-0.2, 0) is 9.47 Å². The van der Waals surface area contributed by atoms with Crippen molar-refractivity contribution in [2.24, 2.45) is 52.3 Å². The molecule has 0 aromatic carbocycles. The monoisotopic (exact) mass is 472 g/mol. The molecule has 1 heterocycles. The van der Waals surface area contributed by atoms with Gasteiger partial charge in [0.2, 0.25) is 0 Å². The van der Waals surface area contributed by atoms with Crippen LogP contribution < -0.4 is 0 Å². The fourth-order valence-corrected chi connectivity index (χ4v) is 10.8. The van der Waals surface area contributed by atoms with Crippen LogP contribution in [0.2, 0.25) is 0 Å². The minimum absolute atomic E-state index is 0.0135. The minimum atomic E-state index is -0.397. The first kappa shape index (κ1) is 24.2. The maximum absolute atomic E-state index is 10.3. The molecule has 5 aliphatic carbocycles. The Hall–Kier alpha value is -0.120. The minimum Gasteiger partial charge on any atom is -0.393 e. The molecule has 0 radical (unpaired) electrons. The topological polar surface area (TPSA) is 38.7 Å². The summed E-state index contributed by atoms with van der Waals surface area (Å²) in [7, 11) is 0. The summed E-state index contributed by atoms with van der Waals surface area (Å²) in [6.07, 6.45) is 17.9. The maximum atomic E-state index is 10.3. The molecule has 3 heteroatoms. The van der Waals surface area contributed by atoms with E-state index in [0.717, 1.165) is 36.0 Å². The van der Waals surface area contributed by atoms with Crippen molar-refractivity contribution >= 4 is 0 Å². The van der Waals surface area contributed by atoms with Gasteiger partial charge < -0.3 is 14.6 Å². The van der Waals surface area contributed by atoms with Crippen LogP contribution in [-0.4, -0.2) is 29.2 Å². The molecular formula is C31H52O3. The lowest BCUT2D eigenvalue weighted by atomic mass is 9.44. The van der Waals surface area contributed by atoms with E-state index in [9.17, 15) is 5.11 Å². The standard InChI is InChI=1S/C31H52O3/c1-19(7-6-8-26(32)20-9-10-20)22-13-14-23-21-11-12-25-28-27(33-29(2,3)34-28)16-18-31(25,5)24(21)15-17-30(22,23)4/h19-28,32H,6-18H2,1-5H3/t19-,21+,22-,23+,24+,25+,26?,27+,28-,30-,31-/m1/s1. The van der Waals surface area contributed by atoms with Gasteiger partial charge in [-0.3, -0.25) is 0 Å². The van der Waals surface area contributed by atoms with Gasteiger partial charge in [0, 0.05) is 0 Å². The summed E-state index contributed by atoms with van der Waals surface area (Å²) in [5.74, 6) is 5.39. The molecule has 1 aliphatic heterocycles. The smallest absolute Gasteiger partial charge is 0.163 e. The first-order chi connectivity index (χ1) is 16.1. The average Bonchev–Trinajstić information content (AvgIpc) is 3.49. The lowest BCUT2D eigenvalue weighted by Crippen LogP contribution is -2.57. The number of hydrogen-bond acceptors (Lipinski definition) is 3. The highest BCUT2D eigenvalue weighted by Gasteiger charge is 2.64. The van der Waals surface area contributed by atoms with Crippen molar-refractivity contribution < 1.29 is 14.6 Å². The number of ether oxygens (including phenoxy) is 2. The highest BCUT2D eigenvalue weighted by molar-refractivity contribution is 5.12. The number of fused-ring (bicyclic) bond motifs is 7. The molecule has 1 unspecified atom stereocenters. The molecule has 0 bridgehead atoms. The zero-order chi connectivity index (χ0) is 23.9. The summed E-state index contributed by atoms with van der Waals surface area (Å²) in [4.78, 5) is 0. The number of aliphatic hydroxyl groups is 1. The second-order valence-electron chi connectivity index (χ2n) is 14.8. The van der Waals surface area contributed by atoms with Gasteiger partial charge >= 0.3 is 0 Å². The summed E-state index contributed by atoms with van der Waals surface area (Å²) in [5, 5.41) is 10.3. The lowest BCUT2D eigenvalue weighted by molar-refractivity contribution is -0.170. The number of aliphatic hydroxyl groups excluding tert-OH is 1. The second-order valence-corrected chi connectivity index (χ2v) is 14.8. The first-order valence-electron chi connectivity index (χ1n) is 15.2. The van der Waals surface area contributed by atoms with Crippen LogP contribution in [0, 0.1) is 52.3 Å². The van der Waals surface area contributed by atoms with Crippen LogP contribution >= 0.6 is 0 Å². The van der Waals surface area contributed by atoms with Crippen molar-refractivity contribution in [3.8, 4) is 0 Å². The van der Waals surface area contributed by atoms with Gasteiger partial charge in [-0.25, -0.2) is 0 Å². The molecule has 34 heavy (non-hydrogen) atoms. The Bertz CT molecular complexity index is 760. The maximum Gasteiger partial charge on any atom is 0.163 e. The van der Waals surface area contributed by atoms with Crippen molar-refractivity contribution in [1.29, 1.82) is 0 Å². The van der Waals surface area contributed by atoms with Gasteiger partial charge in [-0.2, -0.15) is 0 Å². The van der Waals surface area contributed by atoms with E-state index < -0.39 is 5.79 Å². The predicted molar refractivity (Wildman–Crippen MR) is 136 cm³/mol. The number of rotatable bonds is 6.